The van der Waals surface area contributed by atoms with Crippen molar-refractivity contribution < 1.29 is 14.1 Å². The van der Waals surface area contributed by atoms with Crippen molar-refractivity contribution in [3.63, 3.8) is 0 Å². The highest BCUT2D eigenvalue weighted by molar-refractivity contribution is 7.16. The van der Waals surface area contributed by atoms with Gasteiger partial charge in [-0.05, 0) is 61.1 Å². The minimum absolute atomic E-state index is 0.000434. The quantitative estimate of drug-likeness (QED) is 0.392. The van der Waals surface area contributed by atoms with Crippen LogP contribution in [0.1, 0.15) is 28.8 Å². The lowest BCUT2D eigenvalue weighted by Crippen LogP contribution is -2.07. The first-order chi connectivity index (χ1) is 13.6. The number of thiophene rings is 1. The number of carbonyl (C=O) groups excluding carboxylic acids is 1. The highest BCUT2D eigenvalue weighted by Gasteiger charge is 2.14. The fraction of sp³-hybridized carbons (Fsp3) is 0.211. The van der Waals surface area contributed by atoms with Gasteiger partial charge in [0.05, 0.1) is 4.92 Å². The first-order valence-corrected chi connectivity index (χ1v) is 9.59. The molecule has 0 saturated carbocycles. The normalized spacial score (nSPS) is 13.4. The van der Waals surface area contributed by atoms with Crippen LogP contribution in [0.3, 0.4) is 0 Å². The van der Waals surface area contributed by atoms with Crippen LogP contribution in [0.15, 0.2) is 40.8 Å². The van der Waals surface area contributed by atoms with Gasteiger partial charge in [-0.1, -0.05) is 22.5 Å². The van der Waals surface area contributed by atoms with Crippen molar-refractivity contribution in [3.05, 3.63) is 62.5 Å². The topological polar surface area (TPSA) is 111 Å². The molecule has 2 heterocycles. The molecule has 28 heavy (non-hydrogen) atoms. The summed E-state index contributed by atoms with van der Waals surface area (Å²) in [4.78, 5) is 22.8. The van der Waals surface area contributed by atoms with Gasteiger partial charge in [-0.3, -0.25) is 20.2 Å². The molecule has 1 aliphatic rings. The van der Waals surface area contributed by atoms with Crippen molar-refractivity contribution in [2.45, 2.75) is 25.7 Å². The maximum atomic E-state index is 12.0. The number of rotatable bonds is 5. The zero-order chi connectivity index (χ0) is 19.5. The Labute approximate surface area is 164 Å². The Morgan fingerprint density at radius 1 is 1.18 bits per heavy atom. The van der Waals surface area contributed by atoms with Crippen molar-refractivity contribution in [2.24, 2.45) is 0 Å². The van der Waals surface area contributed by atoms with Gasteiger partial charge in [-0.25, -0.2) is 0 Å². The lowest BCUT2D eigenvalue weighted by Gasteiger charge is -2.15. The van der Waals surface area contributed by atoms with Crippen molar-refractivity contribution >= 4 is 34.3 Å². The number of hydrogen-bond acceptors (Lipinski definition) is 7. The number of aromatic nitrogens is 2. The molecule has 0 radical (unpaired) electrons. The molecule has 0 bridgehead atoms. The molecule has 1 aromatic carbocycles. The van der Waals surface area contributed by atoms with Crippen molar-refractivity contribution in [3.8, 4) is 11.5 Å². The third-order valence-electron chi connectivity index (χ3n) is 4.44. The molecule has 0 fully saturated rings. The number of nitrogens with zero attached hydrogens (tertiary/aromatic N) is 3. The van der Waals surface area contributed by atoms with Gasteiger partial charge in [0.15, 0.2) is 0 Å². The second-order valence-electron chi connectivity index (χ2n) is 6.36. The zero-order valence-electron chi connectivity index (χ0n) is 14.8. The van der Waals surface area contributed by atoms with Crippen LogP contribution in [0.2, 0.25) is 0 Å². The third-order valence-corrected chi connectivity index (χ3v) is 5.44. The van der Waals surface area contributed by atoms with Gasteiger partial charge in [-0.2, -0.15) is 0 Å². The van der Waals surface area contributed by atoms with Gasteiger partial charge in [-0.15, -0.1) is 5.10 Å². The highest BCUT2D eigenvalue weighted by Crippen LogP contribution is 2.28. The predicted molar refractivity (Wildman–Crippen MR) is 105 cm³/mol. The van der Waals surface area contributed by atoms with E-state index in [4.69, 9.17) is 4.42 Å². The van der Waals surface area contributed by atoms with Crippen LogP contribution < -0.4 is 5.32 Å². The summed E-state index contributed by atoms with van der Waals surface area (Å²) in [5, 5.41) is 21.1. The second kappa shape index (κ2) is 7.73. The number of benzene rings is 1. The van der Waals surface area contributed by atoms with E-state index in [0.29, 0.717) is 10.8 Å². The van der Waals surface area contributed by atoms with Crippen LogP contribution in [-0.4, -0.2) is 21.0 Å². The Morgan fingerprint density at radius 3 is 2.79 bits per heavy atom. The molecule has 1 amide bonds. The number of amides is 1. The molecule has 142 valence electrons. The van der Waals surface area contributed by atoms with E-state index in [2.05, 4.69) is 27.6 Å². The largest absolute Gasteiger partial charge is 0.403 e. The highest BCUT2D eigenvalue weighted by atomic mass is 32.1. The number of hydrogen-bond donors (Lipinski definition) is 1. The standard InChI is InChI=1S/C19H16N4O4S/c24-16(9-7-15-8-10-17(28-15)23(25)26)20-19-22-21-18(27-19)14-6-5-12-3-1-2-4-13(12)11-14/h5-11H,1-4H2,(H,20,22,24)/b9-7+. The summed E-state index contributed by atoms with van der Waals surface area (Å²) in [5.41, 5.74) is 3.50. The van der Waals surface area contributed by atoms with Crippen LogP contribution in [-0.2, 0) is 17.6 Å². The number of nitrogens with one attached hydrogen (secondary N) is 1. The fourth-order valence-electron chi connectivity index (χ4n) is 3.09. The SMILES string of the molecule is O=C(/C=C/c1ccc([N+](=O)[O-])s1)Nc1nnc(-c2ccc3c(c2)CCCC3)o1. The van der Waals surface area contributed by atoms with E-state index >= 15 is 0 Å². The summed E-state index contributed by atoms with van der Waals surface area (Å²) in [6.07, 6.45) is 7.30. The van der Waals surface area contributed by atoms with E-state index < -0.39 is 10.8 Å². The summed E-state index contributed by atoms with van der Waals surface area (Å²) in [5.74, 6) is -0.113. The molecule has 0 spiro atoms. The molecule has 8 nitrogen and oxygen atoms in total. The van der Waals surface area contributed by atoms with Gasteiger partial charge in [0, 0.05) is 22.6 Å². The lowest BCUT2D eigenvalue weighted by molar-refractivity contribution is -0.380. The maximum Gasteiger partial charge on any atom is 0.324 e. The Kier molecular flexibility index (Phi) is 4.98. The Balaban J connectivity index is 1.42. The number of nitro groups is 1. The maximum absolute atomic E-state index is 12.0. The van der Waals surface area contributed by atoms with Gasteiger partial charge in [0.25, 0.3) is 5.91 Å². The summed E-state index contributed by atoms with van der Waals surface area (Å²) in [7, 11) is 0. The fourth-order valence-corrected chi connectivity index (χ4v) is 3.82. The molecule has 1 aliphatic carbocycles. The Morgan fingerprint density at radius 2 is 2.00 bits per heavy atom. The van der Waals surface area contributed by atoms with Crippen molar-refractivity contribution in [2.75, 3.05) is 5.32 Å². The van der Waals surface area contributed by atoms with Crippen LogP contribution in [0.25, 0.3) is 17.5 Å². The number of carbonyl (C=O) groups is 1. The van der Waals surface area contributed by atoms with Crippen LogP contribution in [0, 0.1) is 10.1 Å². The minimum atomic E-state index is -0.469. The molecule has 0 unspecified atom stereocenters. The number of fused-ring (bicyclic) bond motifs is 1. The van der Waals surface area contributed by atoms with Crippen LogP contribution >= 0.6 is 11.3 Å². The average Bonchev–Trinajstić information content (AvgIpc) is 3.36. The molecular weight excluding hydrogens is 380 g/mol. The number of aryl methyl sites for hydroxylation is 2. The van der Waals surface area contributed by atoms with E-state index in [1.165, 1.54) is 42.2 Å². The summed E-state index contributed by atoms with van der Waals surface area (Å²) in [6, 6.07) is 9.08. The Hall–Kier alpha value is -3.33. The summed E-state index contributed by atoms with van der Waals surface area (Å²) in [6.45, 7) is 0. The molecule has 0 aliphatic heterocycles. The van der Waals surface area contributed by atoms with Crippen molar-refractivity contribution in [1.82, 2.24) is 10.2 Å². The first kappa shape index (κ1) is 18.1. The van der Waals surface area contributed by atoms with Gasteiger partial charge >= 0.3 is 11.0 Å². The summed E-state index contributed by atoms with van der Waals surface area (Å²) < 4.78 is 5.54. The van der Waals surface area contributed by atoms with Crippen LogP contribution in [0.5, 0.6) is 0 Å². The number of anilines is 1. The second-order valence-corrected chi connectivity index (χ2v) is 7.45. The van der Waals surface area contributed by atoms with E-state index in [-0.39, 0.29) is 11.0 Å². The smallest absolute Gasteiger partial charge is 0.324 e. The first-order valence-electron chi connectivity index (χ1n) is 8.77. The molecule has 0 saturated heterocycles. The van der Waals surface area contributed by atoms with E-state index in [1.54, 1.807) is 6.07 Å². The average molecular weight is 396 g/mol. The summed E-state index contributed by atoms with van der Waals surface area (Å²) >= 11 is 0.985. The van der Waals surface area contributed by atoms with Gasteiger partial charge < -0.3 is 4.42 Å². The molecule has 2 aromatic heterocycles. The Bertz CT molecular complexity index is 1070. The molecule has 4 rings (SSSR count). The van der Waals surface area contributed by atoms with E-state index in [9.17, 15) is 14.9 Å². The van der Waals surface area contributed by atoms with E-state index in [1.807, 2.05) is 6.07 Å². The molecule has 3 aromatic rings. The van der Waals surface area contributed by atoms with Gasteiger partial charge in [0.1, 0.15) is 0 Å². The van der Waals surface area contributed by atoms with Gasteiger partial charge in [0.2, 0.25) is 5.89 Å². The minimum Gasteiger partial charge on any atom is -0.403 e. The third kappa shape index (κ3) is 3.99. The lowest BCUT2D eigenvalue weighted by atomic mass is 9.90. The molecule has 1 N–H and O–H groups in total. The zero-order valence-corrected chi connectivity index (χ0v) is 15.6. The molecule has 9 heteroatoms. The molecular formula is C19H16N4O4S. The van der Waals surface area contributed by atoms with Crippen LogP contribution in [0.4, 0.5) is 11.0 Å². The van der Waals surface area contributed by atoms with Crippen molar-refractivity contribution in [1.29, 1.82) is 0 Å². The monoisotopic (exact) mass is 396 g/mol. The van der Waals surface area contributed by atoms with E-state index in [0.717, 1.165) is 29.7 Å². The predicted octanol–water partition coefficient (Wildman–Crippen LogP) is 4.24. The molecule has 0 atom stereocenters.